The highest BCUT2D eigenvalue weighted by Gasteiger charge is 2.16. The zero-order valence-electron chi connectivity index (χ0n) is 10.9. The summed E-state index contributed by atoms with van der Waals surface area (Å²) < 4.78 is 26.2. The Kier molecular flexibility index (Phi) is 4.09. The molecule has 1 aliphatic rings. The fourth-order valence-electron chi connectivity index (χ4n) is 2.01. The molecule has 1 aromatic carbocycles. The van der Waals surface area contributed by atoms with Gasteiger partial charge >= 0.3 is 0 Å². The van der Waals surface area contributed by atoms with Crippen LogP contribution in [-0.4, -0.2) is 20.1 Å². The number of nitrogens with one attached hydrogen (secondary N) is 2. The lowest BCUT2D eigenvalue weighted by atomic mass is 10.0. The number of unbranched alkanes of at least 4 members (excludes halogenated alkanes) is 1. The molecule has 0 saturated heterocycles. The average molecular weight is 282 g/mol. The molecule has 1 aromatic rings. The van der Waals surface area contributed by atoms with E-state index in [1.807, 2.05) is 6.92 Å². The summed E-state index contributed by atoms with van der Waals surface area (Å²) in [5.41, 5.74) is 2.30. The normalized spacial score (nSPS) is 14.7. The monoisotopic (exact) mass is 282 g/mol. The molecule has 19 heavy (non-hydrogen) atoms. The second-order valence-electron chi connectivity index (χ2n) is 4.69. The number of benzene rings is 1. The number of rotatable bonds is 5. The maximum absolute atomic E-state index is 11.8. The summed E-state index contributed by atoms with van der Waals surface area (Å²) in [6, 6.07) is 5.20. The van der Waals surface area contributed by atoms with Crippen LogP contribution in [-0.2, 0) is 21.2 Å². The van der Waals surface area contributed by atoms with Crippen molar-refractivity contribution in [2.24, 2.45) is 0 Å². The van der Waals surface area contributed by atoms with Crippen molar-refractivity contribution in [2.75, 3.05) is 15.8 Å². The van der Waals surface area contributed by atoms with Gasteiger partial charge < -0.3 is 5.32 Å². The van der Waals surface area contributed by atoms with Crippen LogP contribution < -0.4 is 10.0 Å². The Bertz CT molecular complexity index is 582. The predicted molar refractivity (Wildman–Crippen MR) is 75.7 cm³/mol. The smallest absolute Gasteiger partial charge is 0.232 e. The number of anilines is 2. The van der Waals surface area contributed by atoms with Gasteiger partial charge in [-0.1, -0.05) is 13.3 Å². The lowest BCUT2D eigenvalue weighted by Gasteiger charge is -2.18. The molecule has 0 aromatic heterocycles. The molecule has 0 fully saturated rings. The predicted octanol–water partition coefficient (Wildman–Crippen LogP) is 2.11. The molecule has 0 spiro atoms. The van der Waals surface area contributed by atoms with E-state index in [1.54, 1.807) is 18.2 Å². The zero-order chi connectivity index (χ0) is 13.9. The van der Waals surface area contributed by atoms with Gasteiger partial charge in [0.15, 0.2) is 0 Å². The van der Waals surface area contributed by atoms with Crippen molar-refractivity contribution < 1.29 is 13.2 Å². The highest BCUT2D eigenvalue weighted by Crippen LogP contribution is 2.26. The summed E-state index contributed by atoms with van der Waals surface area (Å²) in [6.45, 7) is 1.96. The van der Waals surface area contributed by atoms with E-state index in [1.165, 1.54) is 0 Å². The average Bonchev–Trinajstić information content (AvgIpc) is 2.36. The van der Waals surface area contributed by atoms with Crippen molar-refractivity contribution in [1.29, 1.82) is 0 Å². The highest BCUT2D eigenvalue weighted by molar-refractivity contribution is 7.92. The molecule has 0 bridgehead atoms. The Morgan fingerprint density at radius 1 is 1.32 bits per heavy atom. The maximum Gasteiger partial charge on any atom is 0.232 e. The van der Waals surface area contributed by atoms with E-state index in [4.69, 9.17) is 0 Å². The molecule has 0 saturated carbocycles. The van der Waals surface area contributed by atoms with Gasteiger partial charge in [0.25, 0.3) is 0 Å². The summed E-state index contributed by atoms with van der Waals surface area (Å²) in [5, 5.41) is 2.77. The van der Waals surface area contributed by atoms with Gasteiger partial charge in [0.05, 0.1) is 5.75 Å². The van der Waals surface area contributed by atoms with Crippen molar-refractivity contribution in [3.05, 3.63) is 23.8 Å². The van der Waals surface area contributed by atoms with Crippen LogP contribution in [0.15, 0.2) is 18.2 Å². The van der Waals surface area contributed by atoms with Gasteiger partial charge in [0.2, 0.25) is 15.9 Å². The minimum absolute atomic E-state index is 0.00350. The van der Waals surface area contributed by atoms with Crippen LogP contribution in [0.4, 0.5) is 11.4 Å². The van der Waals surface area contributed by atoms with Crippen LogP contribution >= 0.6 is 0 Å². The molecule has 5 nitrogen and oxygen atoms in total. The van der Waals surface area contributed by atoms with E-state index < -0.39 is 10.0 Å². The molecule has 0 radical (unpaired) electrons. The van der Waals surface area contributed by atoms with Gasteiger partial charge in [0, 0.05) is 17.8 Å². The minimum Gasteiger partial charge on any atom is -0.326 e. The number of hydrogen-bond acceptors (Lipinski definition) is 3. The zero-order valence-corrected chi connectivity index (χ0v) is 11.7. The Morgan fingerprint density at radius 2 is 2.11 bits per heavy atom. The lowest BCUT2D eigenvalue weighted by molar-refractivity contribution is -0.116. The van der Waals surface area contributed by atoms with Crippen molar-refractivity contribution in [3.8, 4) is 0 Å². The first-order chi connectivity index (χ1) is 9.00. The van der Waals surface area contributed by atoms with Crippen LogP contribution in [0, 0.1) is 0 Å². The first kappa shape index (κ1) is 13.9. The number of sulfonamides is 1. The van der Waals surface area contributed by atoms with E-state index in [2.05, 4.69) is 10.0 Å². The van der Waals surface area contributed by atoms with Gasteiger partial charge in [-0.25, -0.2) is 8.42 Å². The molecule has 0 unspecified atom stereocenters. The fraction of sp³-hybridized carbons (Fsp3) is 0.462. The van der Waals surface area contributed by atoms with Crippen molar-refractivity contribution in [1.82, 2.24) is 0 Å². The Labute approximate surface area is 113 Å². The van der Waals surface area contributed by atoms with Crippen molar-refractivity contribution >= 4 is 27.3 Å². The summed E-state index contributed by atoms with van der Waals surface area (Å²) >= 11 is 0. The molecule has 1 amide bonds. The van der Waals surface area contributed by atoms with E-state index in [0.29, 0.717) is 24.9 Å². The Hall–Kier alpha value is -1.56. The third-order valence-corrected chi connectivity index (χ3v) is 4.41. The van der Waals surface area contributed by atoms with Crippen LogP contribution in [0.2, 0.25) is 0 Å². The largest absolute Gasteiger partial charge is 0.326 e. The SMILES string of the molecule is CCCCS(=O)(=O)Nc1ccc2c(c1)CCC(=O)N2. The fourth-order valence-corrected chi connectivity index (χ4v) is 3.27. The summed E-state index contributed by atoms with van der Waals surface area (Å²) in [7, 11) is -3.27. The van der Waals surface area contributed by atoms with Crippen LogP contribution in [0.5, 0.6) is 0 Å². The third-order valence-electron chi connectivity index (χ3n) is 3.04. The highest BCUT2D eigenvalue weighted by atomic mass is 32.2. The topological polar surface area (TPSA) is 75.3 Å². The molecular weight excluding hydrogens is 264 g/mol. The molecule has 0 aliphatic carbocycles. The summed E-state index contributed by atoms with van der Waals surface area (Å²) in [5.74, 6) is 0.140. The number of fused-ring (bicyclic) bond motifs is 1. The molecular formula is C13H18N2O3S. The van der Waals surface area contributed by atoms with Gasteiger partial charge in [-0.15, -0.1) is 0 Å². The molecule has 1 heterocycles. The second kappa shape index (κ2) is 5.61. The summed E-state index contributed by atoms with van der Waals surface area (Å²) in [4.78, 5) is 11.2. The van der Waals surface area contributed by atoms with Crippen LogP contribution in [0.3, 0.4) is 0 Å². The first-order valence-corrected chi connectivity index (χ1v) is 8.08. The third kappa shape index (κ3) is 3.70. The van der Waals surface area contributed by atoms with Crippen molar-refractivity contribution in [3.63, 3.8) is 0 Å². The number of aryl methyl sites for hydroxylation is 1. The van der Waals surface area contributed by atoms with E-state index in [-0.39, 0.29) is 11.7 Å². The molecule has 0 atom stereocenters. The van der Waals surface area contributed by atoms with Crippen LogP contribution in [0.25, 0.3) is 0 Å². The quantitative estimate of drug-likeness (QED) is 0.868. The van der Waals surface area contributed by atoms with Gasteiger partial charge in [-0.3, -0.25) is 9.52 Å². The molecule has 1 aliphatic heterocycles. The van der Waals surface area contributed by atoms with E-state index in [0.717, 1.165) is 17.7 Å². The maximum atomic E-state index is 11.8. The van der Waals surface area contributed by atoms with Gasteiger partial charge in [-0.05, 0) is 36.6 Å². The number of carbonyl (C=O) groups excluding carboxylic acids is 1. The lowest BCUT2D eigenvalue weighted by Crippen LogP contribution is -2.20. The van der Waals surface area contributed by atoms with Crippen molar-refractivity contribution in [2.45, 2.75) is 32.6 Å². The van der Waals surface area contributed by atoms with Gasteiger partial charge in [0.1, 0.15) is 0 Å². The number of amides is 1. The van der Waals surface area contributed by atoms with E-state index >= 15 is 0 Å². The molecule has 6 heteroatoms. The first-order valence-electron chi connectivity index (χ1n) is 6.43. The van der Waals surface area contributed by atoms with E-state index in [9.17, 15) is 13.2 Å². The van der Waals surface area contributed by atoms with Crippen LogP contribution in [0.1, 0.15) is 31.7 Å². The molecule has 2 N–H and O–H groups in total. The molecule has 104 valence electrons. The Balaban J connectivity index is 2.12. The number of carbonyl (C=O) groups is 1. The molecule has 2 rings (SSSR count). The minimum atomic E-state index is -3.27. The summed E-state index contributed by atoms with van der Waals surface area (Å²) in [6.07, 6.45) is 2.58. The standard InChI is InChI=1S/C13H18N2O3S/c1-2-3-8-19(17,18)15-11-5-6-12-10(9-11)4-7-13(16)14-12/h5-6,9,15H,2-4,7-8H2,1H3,(H,14,16). The second-order valence-corrected chi connectivity index (χ2v) is 6.54. The van der Waals surface area contributed by atoms with Gasteiger partial charge in [-0.2, -0.15) is 0 Å². The number of hydrogen-bond donors (Lipinski definition) is 2. The Morgan fingerprint density at radius 3 is 2.84 bits per heavy atom.